The van der Waals surface area contributed by atoms with Gasteiger partial charge in [0.2, 0.25) is 0 Å². The molecule has 1 unspecified atom stereocenters. The van der Waals surface area contributed by atoms with Gasteiger partial charge in [0.15, 0.2) is 6.16 Å². The molecule has 0 bridgehead atoms. The van der Waals surface area contributed by atoms with E-state index in [0.717, 1.165) is 13.0 Å². The second kappa shape index (κ2) is 16.1. The first-order chi connectivity index (χ1) is 9.27. The Morgan fingerprint density at radius 3 is 1.79 bits per heavy atom. The average molecular weight is 291 g/mol. The highest BCUT2D eigenvalue weighted by molar-refractivity contribution is 7.37. The van der Waals surface area contributed by atoms with Gasteiger partial charge in [-0.25, -0.2) is 0 Å². The number of rotatable bonds is 15. The van der Waals surface area contributed by atoms with Crippen molar-refractivity contribution in [3.8, 4) is 0 Å². The summed E-state index contributed by atoms with van der Waals surface area (Å²) in [7, 11) is -1.97. The quantitative estimate of drug-likeness (QED) is 0.339. The van der Waals surface area contributed by atoms with Crippen LogP contribution in [0.25, 0.3) is 0 Å². The molecule has 0 saturated heterocycles. The molecule has 19 heavy (non-hydrogen) atoms. The molecule has 3 nitrogen and oxygen atoms in total. The van der Waals surface area contributed by atoms with Gasteiger partial charge in [-0.05, 0) is 11.0 Å². The Morgan fingerprint density at radius 1 is 0.789 bits per heavy atom. The van der Waals surface area contributed by atoms with E-state index in [-0.39, 0.29) is 0 Å². The zero-order valence-corrected chi connectivity index (χ0v) is 13.5. The van der Waals surface area contributed by atoms with E-state index < -0.39 is 8.03 Å². The van der Waals surface area contributed by atoms with Crippen LogP contribution in [0.2, 0.25) is 0 Å². The molecule has 4 heteroatoms. The molecule has 0 aliphatic rings. The number of hydrogen-bond donors (Lipinski definition) is 1. The van der Waals surface area contributed by atoms with E-state index in [1.807, 2.05) is 0 Å². The second-order valence-electron chi connectivity index (χ2n) is 5.22. The molecule has 0 aromatic heterocycles. The van der Waals surface area contributed by atoms with E-state index in [4.69, 9.17) is 9.63 Å². The predicted octanol–water partition coefficient (Wildman–Crippen LogP) is 5.05. The first-order valence-corrected chi connectivity index (χ1v) is 9.38. The fraction of sp³-hybridized carbons (Fsp3) is 1.00. The van der Waals surface area contributed by atoms with Crippen LogP contribution in [0.5, 0.6) is 0 Å². The van der Waals surface area contributed by atoms with Crippen LogP contribution in [0.3, 0.4) is 0 Å². The average Bonchev–Trinajstić information content (AvgIpc) is 2.39. The Labute approximate surface area is 120 Å². The van der Waals surface area contributed by atoms with Gasteiger partial charge < -0.3 is 4.74 Å². The van der Waals surface area contributed by atoms with E-state index in [1.165, 1.54) is 57.8 Å². The van der Waals surface area contributed by atoms with Gasteiger partial charge in [0.1, 0.15) is 0 Å². The molecule has 0 spiro atoms. The van der Waals surface area contributed by atoms with Crippen molar-refractivity contribution in [1.82, 2.24) is 0 Å². The molecule has 0 fully saturated rings. The number of unbranched alkanes of at least 4 members (excludes halogenated alkanes) is 9. The number of hydrogen-bond acceptors (Lipinski definition) is 2. The summed E-state index contributed by atoms with van der Waals surface area (Å²) in [5.41, 5.74) is 0. The van der Waals surface area contributed by atoms with Gasteiger partial charge in [0.05, 0.1) is 6.61 Å². The monoisotopic (exact) mass is 291 g/mol. The van der Waals surface area contributed by atoms with Crippen LogP contribution in [-0.2, 0) is 9.30 Å². The van der Waals surface area contributed by atoms with E-state index in [1.54, 1.807) is 0 Å². The van der Waals surface area contributed by atoms with Crippen molar-refractivity contribution < 1.29 is 14.2 Å². The van der Waals surface area contributed by atoms with Crippen LogP contribution in [0.4, 0.5) is 0 Å². The summed E-state index contributed by atoms with van der Waals surface area (Å²) in [5, 5.41) is 0. The lowest BCUT2D eigenvalue weighted by Gasteiger charge is -2.03. The van der Waals surface area contributed by atoms with Crippen molar-refractivity contribution in [3.63, 3.8) is 0 Å². The highest BCUT2D eigenvalue weighted by atomic mass is 31.1. The smallest absolute Gasteiger partial charge is 0.381 e. The van der Waals surface area contributed by atoms with E-state index >= 15 is 0 Å². The summed E-state index contributed by atoms with van der Waals surface area (Å²) >= 11 is 0. The molecule has 114 valence electrons. The summed E-state index contributed by atoms with van der Waals surface area (Å²) in [6.45, 7) is 3.68. The zero-order valence-electron chi connectivity index (χ0n) is 12.6. The molecule has 0 aromatic rings. The van der Waals surface area contributed by atoms with Crippen molar-refractivity contribution in [1.29, 1.82) is 0 Å². The first-order valence-electron chi connectivity index (χ1n) is 7.98. The topological polar surface area (TPSA) is 46.5 Å². The maximum absolute atomic E-state index is 10.4. The van der Waals surface area contributed by atoms with E-state index in [2.05, 4.69) is 6.92 Å². The van der Waals surface area contributed by atoms with Gasteiger partial charge >= 0.3 is 8.03 Å². The van der Waals surface area contributed by atoms with Gasteiger partial charge in [-0.1, -0.05) is 64.7 Å². The molecule has 1 atom stereocenters. The SMILES string of the molecule is CCCCCCCCCCCCOCCC[P+](=O)O. The Morgan fingerprint density at radius 2 is 1.26 bits per heavy atom. The summed E-state index contributed by atoms with van der Waals surface area (Å²) in [5.74, 6) is 0. The molecule has 0 saturated carbocycles. The van der Waals surface area contributed by atoms with Gasteiger partial charge in [-0.3, -0.25) is 0 Å². The Kier molecular flexibility index (Phi) is 16.1. The first kappa shape index (κ1) is 19.0. The normalized spacial score (nSPS) is 11.8. The molecule has 1 N–H and O–H groups in total. The summed E-state index contributed by atoms with van der Waals surface area (Å²) in [6.07, 6.45) is 14.4. The minimum Gasteiger partial charge on any atom is -0.381 e. The summed E-state index contributed by atoms with van der Waals surface area (Å²) in [4.78, 5) is 8.60. The molecular formula is C15H32O3P+. The fourth-order valence-corrected chi connectivity index (χ4v) is 2.50. The van der Waals surface area contributed by atoms with E-state index in [0.29, 0.717) is 19.2 Å². The van der Waals surface area contributed by atoms with Gasteiger partial charge in [-0.15, -0.1) is 0 Å². The highest BCUT2D eigenvalue weighted by Gasteiger charge is 2.07. The van der Waals surface area contributed by atoms with Crippen molar-refractivity contribution >= 4 is 8.03 Å². The van der Waals surface area contributed by atoms with Gasteiger partial charge in [0, 0.05) is 13.0 Å². The van der Waals surface area contributed by atoms with Crippen LogP contribution in [0, 0.1) is 0 Å². The van der Waals surface area contributed by atoms with Crippen LogP contribution in [0.1, 0.15) is 77.6 Å². The predicted molar refractivity (Wildman–Crippen MR) is 82.0 cm³/mol. The molecule has 0 heterocycles. The molecule has 0 radical (unpaired) electrons. The molecule has 0 aliphatic carbocycles. The Hall–Kier alpha value is 0.0200. The third kappa shape index (κ3) is 18.0. The minimum atomic E-state index is -1.97. The molecular weight excluding hydrogens is 259 g/mol. The minimum absolute atomic E-state index is 0.368. The maximum atomic E-state index is 10.4. The zero-order chi connectivity index (χ0) is 14.2. The van der Waals surface area contributed by atoms with Crippen LogP contribution >= 0.6 is 8.03 Å². The standard InChI is InChI=1S/C15H31O3P/c1-2-3-4-5-6-7-8-9-10-11-13-18-14-12-15-19(16)17/h2-15H2,1H3/p+1. The lowest BCUT2D eigenvalue weighted by atomic mass is 10.1. The summed E-state index contributed by atoms with van der Waals surface area (Å²) in [6, 6.07) is 0. The number of ether oxygens (including phenoxy) is 1. The van der Waals surface area contributed by atoms with E-state index in [9.17, 15) is 4.57 Å². The highest BCUT2D eigenvalue weighted by Crippen LogP contribution is 2.13. The van der Waals surface area contributed by atoms with Gasteiger partial charge in [0.25, 0.3) is 0 Å². The lowest BCUT2D eigenvalue weighted by molar-refractivity contribution is 0.130. The van der Waals surface area contributed by atoms with Crippen molar-refractivity contribution in [2.75, 3.05) is 19.4 Å². The van der Waals surface area contributed by atoms with Crippen molar-refractivity contribution in [3.05, 3.63) is 0 Å². The second-order valence-corrected chi connectivity index (χ2v) is 6.38. The third-order valence-electron chi connectivity index (χ3n) is 3.28. The third-order valence-corrected chi connectivity index (χ3v) is 3.98. The lowest BCUT2D eigenvalue weighted by Crippen LogP contribution is -1.98. The Bertz CT molecular complexity index is 198. The molecule has 0 rings (SSSR count). The molecule has 0 amide bonds. The van der Waals surface area contributed by atoms with Gasteiger partial charge in [-0.2, -0.15) is 4.89 Å². The molecule has 0 aromatic carbocycles. The van der Waals surface area contributed by atoms with Crippen LogP contribution in [0.15, 0.2) is 0 Å². The fourth-order valence-electron chi connectivity index (χ4n) is 2.10. The largest absolute Gasteiger partial charge is 0.505 e. The summed E-state index contributed by atoms with van der Waals surface area (Å²) < 4.78 is 15.8. The maximum Gasteiger partial charge on any atom is 0.505 e. The molecule has 0 aliphatic heterocycles. The van der Waals surface area contributed by atoms with Crippen LogP contribution < -0.4 is 0 Å². The van der Waals surface area contributed by atoms with Crippen molar-refractivity contribution in [2.45, 2.75) is 77.6 Å². The van der Waals surface area contributed by atoms with Crippen LogP contribution in [-0.4, -0.2) is 24.3 Å². The van der Waals surface area contributed by atoms with Crippen molar-refractivity contribution in [2.24, 2.45) is 0 Å². The Balaban J connectivity index is 2.93.